The highest BCUT2D eigenvalue weighted by atomic mass is 16.5. The van der Waals surface area contributed by atoms with Gasteiger partial charge in [0.15, 0.2) is 5.82 Å². The average molecular weight is 261 g/mol. The maximum Gasteiger partial charge on any atom is 0.160 e. The highest BCUT2D eigenvalue weighted by molar-refractivity contribution is 5.23. The lowest BCUT2D eigenvalue weighted by atomic mass is 9.92. The van der Waals surface area contributed by atoms with Crippen molar-refractivity contribution in [1.82, 2.24) is 15.3 Å². The van der Waals surface area contributed by atoms with Crippen molar-refractivity contribution in [3.8, 4) is 0 Å². The van der Waals surface area contributed by atoms with Gasteiger partial charge in [-0.05, 0) is 19.8 Å². The van der Waals surface area contributed by atoms with E-state index >= 15 is 0 Å². The Balaban J connectivity index is 1.94. The second-order valence-corrected chi connectivity index (χ2v) is 5.61. The molecule has 1 fully saturated rings. The topological polar surface area (TPSA) is 47.0 Å². The molecule has 4 heteroatoms. The summed E-state index contributed by atoms with van der Waals surface area (Å²) in [5.74, 6) is 0.915. The number of ether oxygens (including phenoxy) is 1. The molecule has 19 heavy (non-hydrogen) atoms. The van der Waals surface area contributed by atoms with E-state index in [1.807, 2.05) is 6.20 Å². The van der Waals surface area contributed by atoms with E-state index in [-0.39, 0.29) is 5.60 Å². The van der Waals surface area contributed by atoms with Crippen LogP contribution < -0.4 is 5.32 Å². The van der Waals surface area contributed by atoms with E-state index in [2.05, 4.69) is 17.2 Å². The molecule has 0 atom stereocenters. The highest BCUT2D eigenvalue weighted by Gasteiger charge is 2.37. The van der Waals surface area contributed by atoms with Crippen molar-refractivity contribution in [3.05, 3.63) is 23.3 Å². The van der Waals surface area contributed by atoms with Crippen LogP contribution in [-0.4, -0.2) is 16.6 Å². The summed E-state index contributed by atoms with van der Waals surface area (Å²) in [5, 5.41) is 3.33. The summed E-state index contributed by atoms with van der Waals surface area (Å²) in [6.07, 6.45) is 9.17. The summed E-state index contributed by atoms with van der Waals surface area (Å²) in [4.78, 5) is 9.44. The Kier molecular flexibility index (Phi) is 3.80. The number of hydrogen-bond acceptors (Lipinski definition) is 4. The summed E-state index contributed by atoms with van der Waals surface area (Å²) in [5.41, 5.74) is 2.17. The standard InChI is InChI=1S/C15H23N3O/c1-2-19-15(7-5-3-4-6-8-15)14-17-10-12-9-16-11-13(12)18-14/h10,16H,2-9,11H2,1H3. The molecule has 0 bridgehead atoms. The maximum atomic E-state index is 6.15. The van der Waals surface area contributed by atoms with Crippen molar-refractivity contribution < 1.29 is 4.74 Å². The van der Waals surface area contributed by atoms with Crippen LogP contribution in [0.15, 0.2) is 6.20 Å². The third kappa shape index (κ3) is 2.51. The second-order valence-electron chi connectivity index (χ2n) is 5.61. The second kappa shape index (κ2) is 5.55. The fourth-order valence-electron chi connectivity index (χ4n) is 3.29. The van der Waals surface area contributed by atoms with Gasteiger partial charge in [0.1, 0.15) is 5.60 Å². The minimum Gasteiger partial charge on any atom is -0.367 e. The molecule has 1 aliphatic heterocycles. The summed E-state index contributed by atoms with van der Waals surface area (Å²) >= 11 is 0. The largest absolute Gasteiger partial charge is 0.367 e. The Morgan fingerprint density at radius 2 is 2.00 bits per heavy atom. The lowest BCUT2D eigenvalue weighted by molar-refractivity contribution is -0.0625. The van der Waals surface area contributed by atoms with E-state index in [0.29, 0.717) is 0 Å². The van der Waals surface area contributed by atoms with Gasteiger partial charge in [0, 0.05) is 31.5 Å². The molecule has 2 heterocycles. The van der Waals surface area contributed by atoms with Crippen LogP contribution >= 0.6 is 0 Å². The summed E-state index contributed by atoms with van der Waals surface area (Å²) in [6.45, 7) is 4.57. The molecule has 0 spiro atoms. The van der Waals surface area contributed by atoms with E-state index in [4.69, 9.17) is 9.72 Å². The lowest BCUT2D eigenvalue weighted by Crippen LogP contribution is -2.32. The number of nitrogens with zero attached hydrogens (tertiary/aromatic N) is 2. The van der Waals surface area contributed by atoms with Gasteiger partial charge in [-0.25, -0.2) is 9.97 Å². The quantitative estimate of drug-likeness (QED) is 0.850. The fraction of sp³-hybridized carbons (Fsp3) is 0.733. The van der Waals surface area contributed by atoms with Gasteiger partial charge in [-0.15, -0.1) is 0 Å². The van der Waals surface area contributed by atoms with Crippen LogP contribution in [0.4, 0.5) is 0 Å². The number of aromatic nitrogens is 2. The number of hydrogen-bond donors (Lipinski definition) is 1. The fourth-order valence-corrected chi connectivity index (χ4v) is 3.29. The van der Waals surface area contributed by atoms with Gasteiger partial charge in [-0.3, -0.25) is 0 Å². The predicted molar refractivity (Wildman–Crippen MR) is 73.6 cm³/mol. The Bertz CT molecular complexity index is 439. The molecule has 0 unspecified atom stereocenters. The molecule has 104 valence electrons. The van der Waals surface area contributed by atoms with E-state index in [1.54, 1.807) is 0 Å². The monoisotopic (exact) mass is 261 g/mol. The Morgan fingerprint density at radius 3 is 2.74 bits per heavy atom. The van der Waals surface area contributed by atoms with Crippen molar-refractivity contribution in [1.29, 1.82) is 0 Å². The first-order valence-electron chi connectivity index (χ1n) is 7.54. The van der Waals surface area contributed by atoms with Crippen molar-refractivity contribution >= 4 is 0 Å². The molecule has 3 rings (SSSR count). The van der Waals surface area contributed by atoms with E-state index in [0.717, 1.165) is 44.1 Å². The van der Waals surface area contributed by atoms with Gasteiger partial charge in [-0.2, -0.15) is 0 Å². The zero-order valence-corrected chi connectivity index (χ0v) is 11.7. The molecule has 0 radical (unpaired) electrons. The van der Waals surface area contributed by atoms with Crippen LogP contribution in [0.25, 0.3) is 0 Å². The van der Waals surface area contributed by atoms with Crippen molar-refractivity contribution in [2.24, 2.45) is 0 Å². The zero-order valence-electron chi connectivity index (χ0n) is 11.7. The molecular formula is C15H23N3O. The normalized spacial score (nSPS) is 21.9. The Labute approximate surface area is 115 Å². The van der Waals surface area contributed by atoms with E-state index in [1.165, 1.54) is 31.2 Å². The maximum absolute atomic E-state index is 6.15. The molecule has 2 aliphatic rings. The molecule has 0 amide bonds. The molecule has 1 N–H and O–H groups in total. The summed E-state index contributed by atoms with van der Waals surface area (Å²) in [7, 11) is 0. The molecule has 4 nitrogen and oxygen atoms in total. The number of nitrogens with one attached hydrogen (secondary N) is 1. The summed E-state index contributed by atoms with van der Waals surface area (Å²) < 4.78 is 6.15. The molecule has 1 aliphatic carbocycles. The van der Waals surface area contributed by atoms with Crippen LogP contribution in [0.2, 0.25) is 0 Å². The van der Waals surface area contributed by atoms with E-state index < -0.39 is 0 Å². The Hall–Kier alpha value is -1.00. The third-order valence-electron chi connectivity index (χ3n) is 4.30. The zero-order chi connectivity index (χ0) is 13.1. The van der Waals surface area contributed by atoms with Crippen LogP contribution in [0.3, 0.4) is 0 Å². The van der Waals surface area contributed by atoms with Gasteiger partial charge in [0.05, 0.1) is 5.69 Å². The summed E-state index contributed by atoms with van der Waals surface area (Å²) in [6, 6.07) is 0. The van der Waals surface area contributed by atoms with Crippen LogP contribution in [0, 0.1) is 0 Å². The first-order chi connectivity index (χ1) is 9.34. The van der Waals surface area contributed by atoms with E-state index in [9.17, 15) is 0 Å². The SMILES string of the molecule is CCOC1(c2ncc3c(n2)CNC3)CCCCCC1. The van der Waals surface area contributed by atoms with Crippen molar-refractivity contribution in [2.75, 3.05) is 6.61 Å². The molecular weight excluding hydrogens is 238 g/mol. The number of rotatable bonds is 3. The highest BCUT2D eigenvalue weighted by Crippen LogP contribution is 2.38. The van der Waals surface area contributed by atoms with Crippen LogP contribution in [0.1, 0.15) is 62.5 Å². The van der Waals surface area contributed by atoms with Crippen LogP contribution in [-0.2, 0) is 23.4 Å². The molecule has 0 aromatic carbocycles. The van der Waals surface area contributed by atoms with Crippen molar-refractivity contribution in [2.45, 2.75) is 64.1 Å². The molecule has 1 saturated carbocycles. The minimum atomic E-state index is -0.233. The van der Waals surface area contributed by atoms with Gasteiger partial charge >= 0.3 is 0 Å². The average Bonchev–Trinajstić information content (AvgIpc) is 2.77. The third-order valence-corrected chi connectivity index (χ3v) is 4.30. The van der Waals surface area contributed by atoms with Gasteiger partial charge < -0.3 is 10.1 Å². The van der Waals surface area contributed by atoms with Crippen LogP contribution in [0.5, 0.6) is 0 Å². The molecule has 0 saturated heterocycles. The lowest BCUT2D eigenvalue weighted by Gasteiger charge is -2.31. The first-order valence-corrected chi connectivity index (χ1v) is 7.54. The van der Waals surface area contributed by atoms with Gasteiger partial charge in [-0.1, -0.05) is 25.7 Å². The molecule has 1 aromatic rings. The minimum absolute atomic E-state index is 0.233. The van der Waals surface area contributed by atoms with Crippen molar-refractivity contribution in [3.63, 3.8) is 0 Å². The predicted octanol–water partition coefficient (Wildman–Crippen LogP) is 2.67. The van der Waals surface area contributed by atoms with Gasteiger partial charge in [0.2, 0.25) is 0 Å². The Morgan fingerprint density at radius 1 is 1.21 bits per heavy atom. The number of fused-ring (bicyclic) bond motifs is 1. The molecule has 1 aromatic heterocycles. The van der Waals surface area contributed by atoms with Gasteiger partial charge in [0.25, 0.3) is 0 Å². The smallest absolute Gasteiger partial charge is 0.160 e. The first kappa shape index (κ1) is 13.0.